The molecular weight excluding hydrogens is 250 g/mol. The zero-order valence-electron chi connectivity index (χ0n) is 13.7. The smallest absolute Gasteiger partial charge is 0.0547 e. The highest BCUT2D eigenvalue weighted by Crippen LogP contribution is 2.29. The second-order valence-corrected chi connectivity index (χ2v) is 6.96. The van der Waals surface area contributed by atoms with E-state index in [1.165, 1.54) is 52.1 Å². The van der Waals surface area contributed by atoms with E-state index in [4.69, 9.17) is 4.74 Å². The summed E-state index contributed by atoms with van der Waals surface area (Å²) in [6, 6.07) is 0.564. The van der Waals surface area contributed by atoms with Crippen LogP contribution in [0.2, 0.25) is 0 Å². The van der Waals surface area contributed by atoms with E-state index >= 15 is 0 Å². The van der Waals surface area contributed by atoms with E-state index in [2.05, 4.69) is 35.9 Å². The van der Waals surface area contributed by atoms with Crippen LogP contribution in [-0.2, 0) is 4.74 Å². The number of piperazine rings is 1. The SMILES string of the molecule is CCCN1CCN(CC2(CNC(C)C)CCOC2)CC1. The van der Waals surface area contributed by atoms with Crippen molar-refractivity contribution >= 4 is 0 Å². The van der Waals surface area contributed by atoms with Crippen LogP contribution >= 0.6 is 0 Å². The number of hydrogen-bond acceptors (Lipinski definition) is 4. The molecule has 2 saturated heterocycles. The molecule has 4 nitrogen and oxygen atoms in total. The molecule has 0 amide bonds. The average Bonchev–Trinajstić information content (AvgIpc) is 2.88. The molecule has 0 aromatic heterocycles. The number of ether oxygens (including phenoxy) is 1. The van der Waals surface area contributed by atoms with E-state index in [1.54, 1.807) is 0 Å². The van der Waals surface area contributed by atoms with Crippen molar-refractivity contribution in [3.05, 3.63) is 0 Å². The Balaban J connectivity index is 1.80. The third kappa shape index (κ3) is 4.69. The maximum atomic E-state index is 5.72. The Labute approximate surface area is 124 Å². The molecule has 20 heavy (non-hydrogen) atoms. The molecule has 1 atom stereocenters. The monoisotopic (exact) mass is 283 g/mol. The van der Waals surface area contributed by atoms with Gasteiger partial charge in [-0.2, -0.15) is 0 Å². The molecule has 118 valence electrons. The van der Waals surface area contributed by atoms with Gasteiger partial charge in [0.15, 0.2) is 0 Å². The van der Waals surface area contributed by atoms with Crippen LogP contribution < -0.4 is 5.32 Å². The van der Waals surface area contributed by atoms with Gasteiger partial charge in [-0.05, 0) is 19.4 Å². The maximum Gasteiger partial charge on any atom is 0.0547 e. The summed E-state index contributed by atoms with van der Waals surface area (Å²) in [7, 11) is 0. The maximum absolute atomic E-state index is 5.72. The van der Waals surface area contributed by atoms with Crippen LogP contribution in [0, 0.1) is 5.41 Å². The van der Waals surface area contributed by atoms with Gasteiger partial charge in [0.25, 0.3) is 0 Å². The topological polar surface area (TPSA) is 27.7 Å². The molecule has 0 bridgehead atoms. The zero-order chi connectivity index (χ0) is 14.4. The lowest BCUT2D eigenvalue weighted by Crippen LogP contribution is -2.52. The third-order valence-corrected chi connectivity index (χ3v) is 4.63. The van der Waals surface area contributed by atoms with E-state index in [-0.39, 0.29) is 0 Å². The molecular formula is C16H33N3O. The summed E-state index contributed by atoms with van der Waals surface area (Å²) in [5.41, 5.74) is 0.344. The molecule has 0 spiro atoms. The predicted octanol–water partition coefficient (Wildman–Crippen LogP) is 1.42. The van der Waals surface area contributed by atoms with Gasteiger partial charge in [-0.25, -0.2) is 0 Å². The van der Waals surface area contributed by atoms with Crippen molar-refractivity contribution in [1.82, 2.24) is 15.1 Å². The average molecular weight is 283 g/mol. The number of nitrogens with zero attached hydrogens (tertiary/aromatic N) is 2. The largest absolute Gasteiger partial charge is 0.381 e. The van der Waals surface area contributed by atoms with Crippen LogP contribution in [0.15, 0.2) is 0 Å². The molecule has 2 fully saturated rings. The van der Waals surface area contributed by atoms with E-state index in [9.17, 15) is 0 Å². The van der Waals surface area contributed by atoms with Gasteiger partial charge in [-0.3, -0.25) is 0 Å². The Morgan fingerprint density at radius 1 is 1.15 bits per heavy atom. The summed E-state index contributed by atoms with van der Waals surface area (Å²) in [6.07, 6.45) is 2.48. The van der Waals surface area contributed by atoms with Gasteiger partial charge in [0.2, 0.25) is 0 Å². The van der Waals surface area contributed by atoms with Crippen molar-refractivity contribution in [2.24, 2.45) is 5.41 Å². The van der Waals surface area contributed by atoms with Crippen LogP contribution in [-0.4, -0.2) is 74.9 Å². The molecule has 2 aliphatic rings. The van der Waals surface area contributed by atoms with Gasteiger partial charge in [0.05, 0.1) is 6.61 Å². The summed E-state index contributed by atoms with van der Waals surface area (Å²) in [4.78, 5) is 5.25. The van der Waals surface area contributed by atoms with Crippen molar-refractivity contribution in [1.29, 1.82) is 0 Å². The van der Waals surface area contributed by atoms with Crippen molar-refractivity contribution in [3.63, 3.8) is 0 Å². The van der Waals surface area contributed by atoms with Crippen LogP contribution in [0.3, 0.4) is 0 Å². The quantitative estimate of drug-likeness (QED) is 0.765. The first-order valence-corrected chi connectivity index (χ1v) is 8.39. The fourth-order valence-electron chi connectivity index (χ4n) is 3.35. The van der Waals surface area contributed by atoms with E-state index in [0.717, 1.165) is 19.8 Å². The number of hydrogen-bond donors (Lipinski definition) is 1. The Bertz CT molecular complexity index is 269. The molecule has 0 aromatic rings. The molecule has 2 aliphatic heterocycles. The van der Waals surface area contributed by atoms with Gasteiger partial charge in [-0.1, -0.05) is 20.8 Å². The van der Waals surface area contributed by atoms with E-state index in [0.29, 0.717) is 11.5 Å². The zero-order valence-corrected chi connectivity index (χ0v) is 13.7. The molecule has 2 rings (SSSR count). The van der Waals surface area contributed by atoms with Gasteiger partial charge in [-0.15, -0.1) is 0 Å². The Morgan fingerprint density at radius 3 is 2.40 bits per heavy atom. The Kier molecular flexibility index (Phi) is 6.27. The van der Waals surface area contributed by atoms with Crippen LogP contribution in [0.5, 0.6) is 0 Å². The Hall–Kier alpha value is -0.160. The highest BCUT2D eigenvalue weighted by Gasteiger charge is 2.37. The fourth-order valence-corrected chi connectivity index (χ4v) is 3.35. The minimum Gasteiger partial charge on any atom is -0.381 e. The molecule has 4 heteroatoms. The lowest BCUT2D eigenvalue weighted by atomic mass is 9.86. The molecule has 0 aromatic carbocycles. The fraction of sp³-hybridized carbons (Fsp3) is 1.00. The normalized spacial score (nSPS) is 29.4. The van der Waals surface area contributed by atoms with Crippen molar-refractivity contribution in [2.75, 3.05) is 59.0 Å². The van der Waals surface area contributed by atoms with Gasteiger partial charge in [0, 0.05) is 57.3 Å². The first-order valence-electron chi connectivity index (χ1n) is 8.39. The lowest BCUT2D eigenvalue weighted by molar-refractivity contribution is 0.0703. The van der Waals surface area contributed by atoms with Gasteiger partial charge >= 0.3 is 0 Å². The number of nitrogens with one attached hydrogen (secondary N) is 1. The van der Waals surface area contributed by atoms with Crippen molar-refractivity contribution < 1.29 is 4.74 Å². The number of rotatable bonds is 7. The molecule has 2 heterocycles. The molecule has 1 unspecified atom stereocenters. The Morgan fingerprint density at radius 2 is 1.85 bits per heavy atom. The molecule has 1 N–H and O–H groups in total. The third-order valence-electron chi connectivity index (χ3n) is 4.63. The minimum atomic E-state index is 0.344. The van der Waals surface area contributed by atoms with Crippen LogP contribution in [0.1, 0.15) is 33.6 Å². The summed E-state index contributed by atoms with van der Waals surface area (Å²) < 4.78 is 5.72. The summed E-state index contributed by atoms with van der Waals surface area (Å²) in [5, 5.41) is 3.63. The van der Waals surface area contributed by atoms with E-state index in [1.807, 2.05) is 0 Å². The first-order chi connectivity index (χ1) is 9.63. The first kappa shape index (κ1) is 16.2. The van der Waals surface area contributed by atoms with Crippen molar-refractivity contribution in [2.45, 2.75) is 39.7 Å². The molecule has 0 aliphatic carbocycles. The lowest BCUT2D eigenvalue weighted by Gasteiger charge is -2.40. The molecule has 0 saturated carbocycles. The standard InChI is InChI=1S/C16H33N3O/c1-4-6-18-7-9-19(10-8-18)13-16(5-11-20-14-16)12-17-15(2)3/h15,17H,4-14H2,1-3H3. The van der Waals surface area contributed by atoms with Gasteiger partial charge in [0.1, 0.15) is 0 Å². The van der Waals surface area contributed by atoms with Crippen LogP contribution in [0.4, 0.5) is 0 Å². The highest BCUT2D eigenvalue weighted by molar-refractivity contribution is 4.90. The van der Waals surface area contributed by atoms with Crippen molar-refractivity contribution in [3.8, 4) is 0 Å². The predicted molar refractivity (Wildman–Crippen MR) is 84.2 cm³/mol. The summed E-state index contributed by atoms with van der Waals surface area (Å²) >= 11 is 0. The minimum absolute atomic E-state index is 0.344. The molecule has 0 radical (unpaired) electrons. The van der Waals surface area contributed by atoms with Crippen LogP contribution in [0.25, 0.3) is 0 Å². The second-order valence-electron chi connectivity index (χ2n) is 6.96. The highest BCUT2D eigenvalue weighted by atomic mass is 16.5. The summed E-state index contributed by atoms with van der Waals surface area (Å²) in [6.45, 7) is 17.1. The summed E-state index contributed by atoms with van der Waals surface area (Å²) in [5.74, 6) is 0. The van der Waals surface area contributed by atoms with Gasteiger partial charge < -0.3 is 19.9 Å². The second kappa shape index (κ2) is 7.74. The van der Waals surface area contributed by atoms with E-state index < -0.39 is 0 Å².